The quantitative estimate of drug-likeness (QED) is 0.0324. The Balaban J connectivity index is 4.43. The highest BCUT2D eigenvalue weighted by atomic mass is 16.5. The summed E-state index contributed by atoms with van der Waals surface area (Å²) in [7, 11) is 0. The zero-order valence-corrected chi connectivity index (χ0v) is 38.2. The molecule has 0 saturated heterocycles. The minimum Gasteiger partial charge on any atom is -0.462 e. The van der Waals surface area contributed by atoms with Crippen molar-refractivity contribution in [2.24, 2.45) is 0 Å². The SMILES string of the molecule is CCCCC/C=C\C/C=C\CCCCCCCCCCCC(=O)OC(CCCCCCCCCCCC)CC(=O)NC(CO)C(O)CCCCCCCCCCC. The Kier molecular flexibility index (Phi) is 44.1. The molecule has 0 fully saturated rings. The maximum Gasteiger partial charge on any atom is 0.306 e. The van der Waals surface area contributed by atoms with Crippen LogP contribution in [-0.2, 0) is 14.3 Å². The summed E-state index contributed by atoms with van der Waals surface area (Å²) in [5, 5.41) is 23.6. The van der Waals surface area contributed by atoms with Gasteiger partial charge in [0.1, 0.15) is 6.10 Å². The lowest BCUT2D eigenvalue weighted by molar-refractivity contribution is -0.151. The molecule has 57 heavy (non-hydrogen) atoms. The smallest absolute Gasteiger partial charge is 0.306 e. The number of hydrogen-bond donors (Lipinski definition) is 3. The van der Waals surface area contributed by atoms with Crippen molar-refractivity contribution < 1.29 is 24.5 Å². The first-order chi connectivity index (χ1) is 28.0. The predicted octanol–water partition coefficient (Wildman–Crippen LogP) is 14.7. The van der Waals surface area contributed by atoms with Crippen molar-refractivity contribution in [3.63, 3.8) is 0 Å². The summed E-state index contributed by atoms with van der Waals surface area (Å²) in [6, 6.07) is -0.695. The summed E-state index contributed by atoms with van der Waals surface area (Å²) in [6.45, 7) is 6.44. The molecule has 0 aliphatic rings. The van der Waals surface area contributed by atoms with Crippen molar-refractivity contribution in [2.45, 2.75) is 283 Å². The average Bonchev–Trinajstić information content (AvgIpc) is 3.20. The second-order valence-electron chi connectivity index (χ2n) is 17.2. The summed E-state index contributed by atoms with van der Waals surface area (Å²) >= 11 is 0. The number of nitrogens with one attached hydrogen (secondary N) is 1. The first kappa shape index (κ1) is 55.3. The maximum absolute atomic E-state index is 13.1. The standard InChI is InChI=1S/C51H97NO5/c1-4-7-10-13-16-19-21-22-23-24-25-26-27-28-29-32-35-38-41-44-51(56)57-47(42-39-36-33-31-20-17-14-11-8-5-2)45-50(55)52-48(46-53)49(54)43-40-37-34-30-18-15-12-9-6-3/h16,19,22-23,47-49,53-54H,4-15,17-18,20-21,24-46H2,1-3H3,(H,52,55)/b19-16-,23-22-. The van der Waals surface area contributed by atoms with Gasteiger partial charge < -0.3 is 20.3 Å². The third-order valence-electron chi connectivity index (χ3n) is 11.5. The van der Waals surface area contributed by atoms with Crippen LogP contribution in [0.25, 0.3) is 0 Å². The summed E-state index contributed by atoms with van der Waals surface area (Å²) in [5.74, 6) is -0.469. The molecule has 0 aromatic heterocycles. The molecule has 0 saturated carbocycles. The van der Waals surface area contributed by atoms with E-state index in [-0.39, 0.29) is 24.9 Å². The highest BCUT2D eigenvalue weighted by molar-refractivity contribution is 5.77. The number of unbranched alkanes of at least 4 members (excludes halogenated alkanes) is 29. The summed E-state index contributed by atoms with van der Waals surface area (Å²) < 4.78 is 5.92. The van der Waals surface area contributed by atoms with Crippen molar-refractivity contribution in [3.05, 3.63) is 24.3 Å². The molecule has 1 amide bonds. The number of allylic oxidation sites excluding steroid dienone is 4. The molecule has 0 rings (SSSR count). The third-order valence-corrected chi connectivity index (χ3v) is 11.5. The molecular weight excluding hydrogens is 707 g/mol. The number of hydrogen-bond acceptors (Lipinski definition) is 5. The predicted molar refractivity (Wildman–Crippen MR) is 246 cm³/mol. The van der Waals surface area contributed by atoms with E-state index >= 15 is 0 Å². The fourth-order valence-corrected chi connectivity index (χ4v) is 7.70. The monoisotopic (exact) mass is 804 g/mol. The second kappa shape index (κ2) is 45.4. The van der Waals surface area contributed by atoms with Gasteiger partial charge in [0.25, 0.3) is 0 Å². The molecule has 0 bridgehead atoms. The van der Waals surface area contributed by atoms with Crippen molar-refractivity contribution in [1.29, 1.82) is 0 Å². The van der Waals surface area contributed by atoms with Crippen molar-refractivity contribution in [1.82, 2.24) is 5.32 Å². The molecule has 6 nitrogen and oxygen atoms in total. The molecule has 0 spiro atoms. The maximum atomic E-state index is 13.1. The third kappa shape index (κ3) is 40.9. The molecule has 0 aliphatic carbocycles. The summed E-state index contributed by atoms with van der Waals surface area (Å²) in [6.07, 6.45) is 51.0. The van der Waals surface area contributed by atoms with Crippen LogP contribution in [0.4, 0.5) is 0 Å². The van der Waals surface area contributed by atoms with E-state index in [0.717, 1.165) is 57.8 Å². The zero-order chi connectivity index (χ0) is 41.7. The fraction of sp³-hybridized carbons (Fsp3) is 0.882. The Morgan fingerprint density at radius 3 is 1.37 bits per heavy atom. The number of ether oxygens (including phenoxy) is 1. The van der Waals surface area contributed by atoms with E-state index in [1.165, 1.54) is 161 Å². The highest BCUT2D eigenvalue weighted by Crippen LogP contribution is 2.18. The van der Waals surface area contributed by atoms with Gasteiger partial charge in [-0.05, 0) is 57.8 Å². The number of aliphatic hydroxyl groups is 2. The van der Waals surface area contributed by atoms with Gasteiger partial charge in [-0.25, -0.2) is 0 Å². The minimum absolute atomic E-state index is 0.0806. The minimum atomic E-state index is -0.781. The summed E-state index contributed by atoms with van der Waals surface area (Å²) in [5.41, 5.74) is 0. The second-order valence-corrected chi connectivity index (χ2v) is 17.2. The van der Waals surface area contributed by atoms with Crippen LogP contribution < -0.4 is 5.32 Å². The molecule has 0 aromatic rings. The van der Waals surface area contributed by atoms with E-state index < -0.39 is 18.2 Å². The van der Waals surface area contributed by atoms with Gasteiger partial charge in [-0.2, -0.15) is 0 Å². The lowest BCUT2D eigenvalue weighted by atomic mass is 10.0. The van der Waals surface area contributed by atoms with E-state index in [9.17, 15) is 19.8 Å². The van der Waals surface area contributed by atoms with Gasteiger partial charge >= 0.3 is 5.97 Å². The van der Waals surface area contributed by atoms with Crippen LogP contribution in [0.5, 0.6) is 0 Å². The van der Waals surface area contributed by atoms with Gasteiger partial charge in [-0.15, -0.1) is 0 Å². The van der Waals surface area contributed by atoms with E-state index in [0.29, 0.717) is 19.3 Å². The summed E-state index contributed by atoms with van der Waals surface area (Å²) in [4.78, 5) is 26.0. The number of esters is 1. The molecule has 3 atom stereocenters. The Labute approximate surface area is 354 Å². The molecule has 0 radical (unpaired) electrons. The lowest BCUT2D eigenvalue weighted by Gasteiger charge is -2.24. The van der Waals surface area contributed by atoms with Crippen LogP contribution in [-0.4, -0.2) is 46.9 Å². The normalized spacial score (nSPS) is 13.4. The van der Waals surface area contributed by atoms with E-state index in [1.807, 2.05) is 0 Å². The average molecular weight is 804 g/mol. The van der Waals surface area contributed by atoms with E-state index in [1.54, 1.807) is 0 Å². The van der Waals surface area contributed by atoms with Crippen LogP contribution in [0.2, 0.25) is 0 Å². The van der Waals surface area contributed by atoms with Gasteiger partial charge in [0.2, 0.25) is 5.91 Å². The largest absolute Gasteiger partial charge is 0.462 e. The van der Waals surface area contributed by atoms with E-state index in [2.05, 4.69) is 50.4 Å². The van der Waals surface area contributed by atoms with Gasteiger partial charge in [0.05, 0.1) is 25.2 Å². The molecule has 336 valence electrons. The number of carbonyl (C=O) groups excluding carboxylic acids is 2. The van der Waals surface area contributed by atoms with Crippen molar-refractivity contribution >= 4 is 11.9 Å². The Bertz CT molecular complexity index is 904. The first-order valence-corrected chi connectivity index (χ1v) is 25.1. The molecule has 0 aromatic carbocycles. The van der Waals surface area contributed by atoms with Gasteiger partial charge in [-0.3, -0.25) is 9.59 Å². The molecular formula is C51H97NO5. The Morgan fingerprint density at radius 2 is 0.895 bits per heavy atom. The number of rotatable bonds is 45. The number of amides is 1. The Morgan fingerprint density at radius 1 is 0.509 bits per heavy atom. The molecule has 6 heteroatoms. The highest BCUT2D eigenvalue weighted by Gasteiger charge is 2.24. The van der Waals surface area contributed by atoms with Crippen molar-refractivity contribution in [2.75, 3.05) is 6.61 Å². The van der Waals surface area contributed by atoms with Crippen LogP contribution in [0.3, 0.4) is 0 Å². The van der Waals surface area contributed by atoms with Crippen LogP contribution >= 0.6 is 0 Å². The Hall–Kier alpha value is -1.66. The number of aliphatic hydroxyl groups excluding tert-OH is 2. The van der Waals surface area contributed by atoms with Gasteiger partial charge in [0, 0.05) is 6.42 Å². The van der Waals surface area contributed by atoms with E-state index in [4.69, 9.17) is 4.74 Å². The molecule has 0 heterocycles. The topological polar surface area (TPSA) is 95.9 Å². The van der Waals surface area contributed by atoms with Crippen LogP contribution in [0.1, 0.15) is 265 Å². The molecule has 3 unspecified atom stereocenters. The zero-order valence-electron chi connectivity index (χ0n) is 38.2. The van der Waals surface area contributed by atoms with Crippen molar-refractivity contribution in [3.8, 4) is 0 Å². The lowest BCUT2D eigenvalue weighted by Crippen LogP contribution is -2.46. The number of carbonyl (C=O) groups is 2. The van der Waals surface area contributed by atoms with Gasteiger partial charge in [-0.1, -0.05) is 218 Å². The molecule has 3 N–H and O–H groups in total. The fourth-order valence-electron chi connectivity index (χ4n) is 7.70. The van der Waals surface area contributed by atoms with Crippen LogP contribution in [0.15, 0.2) is 24.3 Å². The van der Waals surface area contributed by atoms with Crippen LogP contribution in [0, 0.1) is 0 Å². The molecule has 0 aliphatic heterocycles. The van der Waals surface area contributed by atoms with Gasteiger partial charge in [0.15, 0.2) is 0 Å². The first-order valence-electron chi connectivity index (χ1n) is 25.1.